The van der Waals surface area contributed by atoms with E-state index < -0.39 is 15.8 Å². The van der Waals surface area contributed by atoms with Crippen molar-refractivity contribution in [2.24, 2.45) is 0 Å². The van der Waals surface area contributed by atoms with Gasteiger partial charge in [0.15, 0.2) is 0 Å². The van der Waals surface area contributed by atoms with Crippen LogP contribution in [0.2, 0.25) is 10.0 Å². The van der Waals surface area contributed by atoms with E-state index in [-0.39, 0.29) is 33.9 Å². The third kappa shape index (κ3) is 5.83. The number of anilines is 1. The summed E-state index contributed by atoms with van der Waals surface area (Å²) in [5.74, 6) is -0.783. The van der Waals surface area contributed by atoms with Crippen molar-refractivity contribution in [1.82, 2.24) is 4.72 Å². The lowest BCUT2D eigenvalue weighted by Crippen LogP contribution is -2.38. The summed E-state index contributed by atoms with van der Waals surface area (Å²) in [5.41, 5.74) is 1.86. The van der Waals surface area contributed by atoms with Crippen LogP contribution < -0.4 is 9.62 Å². The first kappa shape index (κ1) is 23.2. The molecule has 0 unspecified atom stereocenters. The van der Waals surface area contributed by atoms with Gasteiger partial charge in [-0.15, -0.1) is 0 Å². The van der Waals surface area contributed by atoms with Crippen LogP contribution in [-0.2, 0) is 10.0 Å². The maximum absolute atomic E-state index is 13.4. The molecule has 9 heteroatoms. The molecule has 0 spiro atoms. The number of nitrogens with one attached hydrogen (secondary N) is 1. The molecule has 0 heterocycles. The molecule has 0 aliphatic heterocycles. The topological polar surface area (TPSA) is 66.5 Å². The number of hydrogen-bond donors (Lipinski definition) is 1. The number of sulfonamides is 1. The molecule has 0 saturated heterocycles. The van der Waals surface area contributed by atoms with Gasteiger partial charge in [-0.2, -0.15) is 0 Å². The number of aryl methyl sites for hydroxylation is 1. The Morgan fingerprint density at radius 3 is 2.29 bits per heavy atom. The van der Waals surface area contributed by atoms with Crippen molar-refractivity contribution < 1.29 is 17.6 Å². The molecule has 0 aliphatic carbocycles. The molecule has 162 valence electrons. The third-order valence-electron chi connectivity index (χ3n) is 4.49. The molecule has 5 nitrogen and oxygen atoms in total. The van der Waals surface area contributed by atoms with Gasteiger partial charge in [0.25, 0.3) is 5.91 Å². The maximum Gasteiger partial charge on any atom is 0.258 e. The first-order valence-corrected chi connectivity index (χ1v) is 11.5. The molecule has 0 bridgehead atoms. The SMILES string of the molecule is Cc1ccc(C(=O)N(CCNS(=O)(=O)c2cc(Cl)ccc2Cl)c2ccc(F)cc2)cc1. The van der Waals surface area contributed by atoms with Crippen LogP contribution in [0.5, 0.6) is 0 Å². The third-order valence-corrected chi connectivity index (χ3v) is 6.67. The Balaban J connectivity index is 1.82. The fourth-order valence-corrected chi connectivity index (χ4v) is 4.66. The minimum Gasteiger partial charge on any atom is -0.307 e. The molecule has 3 aromatic carbocycles. The molecule has 3 rings (SSSR count). The van der Waals surface area contributed by atoms with E-state index in [9.17, 15) is 17.6 Å². The molecule has 0 aromatic heterocycles. The number of halogens is 3. The minimum absolute atomic E-state index is 0.00968. The average Bonchev–Trinajstić information content (AvgIpc) is 2.74. The van der Waals surface area contributed by atoms with Crippen molar-refractivity contribution in [3.63, 3.8) is 0 Å². The molecule has 0 radical (unpaired) electrons. The fraction of sp³-hybridized carbons (Fsp3) is 0.136. The van der Waals surface area contributed by atoms with Crippen LogP contribution in [0.15, 0.2) is 71.6 Å². The van der Waals surface area contributed by atoms with Gasteiger partial charge in [0.2, 0.25) is 10.0 Å². The summed E-state index contributed by atoms with van der Waals surface area (Å²) >= 11 is 11.9. The molecule has 1 N–H and O–H groups in total. The quantitative estimate of drug-likeness (QED) is 0.513. The highest BCUT2D eigenvalue weighted by Crippen LogP contribution is 2.25. The largest absolute Gasteiger partial charge is 0.307 e. The molecular formula is C22H19Cl2FN2O3S. The summed E-state index contributed by atoms with van der Waals surface area (Å²) in [4.78, 5) is 14.3. The van der Waals surface area contributed by atoms with Crippen molar-refractivity contribution in [3.05, 3.63) is 93.7 Å². The van der Waals surface area contributed by atoms with Crippen molar-refractivity contribution in [3.8, 4) is 0 Å². The Hall–Kier alpha value is -2.45. The van der Waals surface area contributed by atoms with E-state index in [1.54, 1.807) is 24.3 Å². The molecule has 0 saturated carbocycles. The maximum atomic E-state index is 13.4. The van der Waals surface area contributed by atoms with Crippen LogP contribution in [-0.4, -0.2) is 27.4 Å². The number of carbonyl (C=O) groups is 1. The summed E-state index contributed by atoms with van der Waals surface area (Å²) in [6.45, 7) is 1.82. The summed E-state index contributed by atoms with van der Waals surface area (Å²) < 4.78 is 41.1. The second-order valence-electron chi connectivity index (χ2n) is 6.77. The van der Waals surface area contributed by atoms with E-state index in [2.05, 4.69) is 4.72 Å². The van der Waals surface area contributed by atoms with Crippen molar-refractivity contribution >= 4 is 44.8 Å². The van der Waals surface area contributed by atoms with Gasteiger partial charge in [-0.25, -0.2) is 17.5 Å². The second kappa shape index (κ2) is 9.78. The summed E-state index contributed by atoms with van der Waals surface area (Å²) in [6, 6.07) is 16.5. The molecule has 0 aliphatic rings. The van der Waals surface area contributed by atoms with Gasteiger partial charge in [0.05, 0.1) is 5.02 Å². The van der Waals surface area contributed by atoms with Gasteiger partial charge in [-0.05, 0) is 61.5 Å². The predicted octanol–water partition coefficient (Wildman–Crippen LogP) is 5.07. The van der Waals surface area contributed by atoms with E-state index in [4.69, 9.17) is 23.2 Å². The summed E-state index contributed by atoms with van der Waals surface area (Å²) in [5, 5.41) is 0.260. The van der Waals surface area contributed by atoms with Crippen molar-refractivity contribution in [2.75, 3.05) is 18.0 Å². The highest BCUT2D eigenvalue weighted by molar-refractivity contribution is 7.89. The molecule has 31 heavy (non-hydrogen) atoms. The zero-order valence-corrected chi connectivity index (χ0v) is 18.8. The van der Waals surface area contributed by atoms with E-state index >= 15 is 0 Å². The molecule has 1 amide bonds. The Morgan fingerprint density at radius 1 is 1.00 bits per heavy atom. The highest BCUT2D eigenvalue weighted by Gasteiger charge is 2.21. The van der Waals surface area contributed by atoms with E-state index in [1.165, 1.54) is 47.4 Å². The number of carbonyl (C=O) groups excluding carboxylic acids is 1. The molecule has 0 atom stereocenters. The predicted molar refractivity (Wildman–Crippen MR) is 121 cm³/mol. The molecule has 3 aromatic rings. The van der Waals surface area contributed by atoms with Crippen LogP contribution in [0.4, 0.5) is 10.1 Å². The average molecular weight is 481 g/mol. The lowest BCUT2D eigenvalue weighted by atomic mass is 10.1. The number of hydrogen-bond acceptors (Lipinski definition) is 3. The van der Waals surface area contributed by atoms with E-state index in [0.717, 1.165) is 5.56 Å². The Morgan fingerprint density at radius 2 is 1.65 bits per heavy atom. The monoisotopic (exact) mass is 480 g/mol. The zero-order valence-electron chi connectivity index (χ0n) is 16.5. The summed E-state index contributed by atoms with van der Waals surface area (Å²) in [7, 11) is -3.96. The van der Waals surface area contributed by atoms with E-state index in [0.29, 0.717) is 11.3 Å². The number of rotatable bonds is 7. The highest BCUT2D eigenvalue weighted by atomic mass is 35.5. The fourth-order valence-electron chi connectivity index (χ4n) is 2.87. The lowest BCUT2D eigenvalue weighted by molar-refractivity contribution is 0.0987. The van der Waals surface area contributed by atoms with Crippen LogP contribution in [0.25, 0.3) is 0 Å². The summed E-state index contributed by atoms with van der Waals surface area (Å²) in [6.07, 6.45) is 0. The molecule has 0 fully saturated rings. The van der Waals surface area contributed by atoms with Crippen molar-refractivity contribution in [1.29, 1.82) is 0 Å². The molecular weight excluding hydrogens is 462 g/mol. The normalized spacial score (nSPS) is 11.4. The van der Waals surface area contributed by atoms with Crippen LogP contribution in [0.1, 0.15) is 15.9 Å². The van der Waals surface area contributed by atoms with Crippen LogP contribution >= 0.6 is 23.2 Å². The smallest absolute Gasteiger partial charge is 0.258 e. The lowest BCUT2D eigenvalue weighted by Gasteiger charge is -2.23. The minimum atomic E-state index is -3.96. The Kier molecular flexibility index (Phi) is 7.33. The van der Waals surface area contributed by atoms with Gasteiger partial charge >= 0.3 is 0 Å². The Labute approximate surface area is 190 Å². The van der Waals surface area contributed by atoms with Crippen LogP contribution in [0, 0.1) is 12.7 Å². The first-order valence-electron chi connectivity index (χ1n) is 9.26. The number of nitrogens with zero attached hydrogens (tertiary/aromatic N) is 1. The van der Waals surface area contributed by atoms with Crippen LogP contribution in [0.3, 0.4) is 0 Å². The first-order chi connectivity index (χ1) is 14.7. The van der Waals surface area contributed by atoms with Gasteiger partial charge in [-0.3, -0.25) is 4.79 Å². The Bertz CT molecular complexity index is 1180. The van der Waals surface area contributed by atoms with Crippen molar-refractivity contribution in [2.45, 2.75) is 11.8 Å². The number of amides is 1. The van der Waals surface area contributed by atoms with E-state index in [1.807, 2.05) is 6.92 Å². The number of benzene rings is 3. The van der Waals surface area contributed by atoms with Gasteiger partial charge in [0.1, 0.15) is 10.7 Å². The van der Waals surface area contributed by atoms with Gasteiger partial charge < -0.3 is 4.90 Å². The standard InChI is InChI=1S/C22H19Cl2FN2O3S/c1-15-2-4-16(5-3-15)22(28)27(19-9-7-18(25)8-10-19)13-12-26-31(29,30)21-14-17(23)6-11-20(21)24/h2-11,14,26H,12-13H2,1H3. The second-order valence-corrected chi connectivity index (χ2v) is 9.35. The van der Waals surface area contributed by atoms with Gasteiger partial charge in [-0.1, -0.05) is 40.9 Å². The zero-order chi connectivity index (χ0) is 22.6. The van der Waals surface area contributed by atoms with Gasteiger partial charge in [0, 0.05) is 29.4 Å².